The highest BCUT2D eigenvalue weighted by atomic mass is 19.1. The first kappa shape index (κ1) is 17.0. The van der Waals surface area contributed by atoms with Gasteiger partial charge in [0.1, 0.15) is 18.0 Å². The van der Waals surface area contributed by atoms with E-state index in [4.69, 9.17) is 4.74 Å². The third kappa shape index (κ3) is 3.47. The van der Waals surface area contributed by atoms with E-state index in [2.05, 4.69) is 5.32 Å². The van der Waals surface area contributed by atoms with Crippen LogP contribution >= 0.6 is 0 Å². The summed E-state index contributed by atoms with van der Waals surface area (Å²) in [5.74, 6) is -1.22. The van der Waals surface area contributed by atoms with Crippen molar-refractivity contribution in [3.05, 3.63) is 59.9 Å². The number of rotatable bonds is 4. The van der Waals surface area contributed by atoms with Gasteiger partial charge in [0.15, 0.2) is 0 Å². The van der Waals surface area contributed by atoms with Crippen LogP contribution in [0.4, 0.5) is 15.8 Å². The number of esters is 1. The Morgan fingerprint density at radius 3 is 2.72 bits per heavy atom. The standard InChI is InChI=1S/C19H19FN2O3/c1-19(2)18(24)22(16-9-4-3-8-15(16)21-19)10-11-25-17(23)13-6-5-7-14(20)12-13/h3-9,12,21H,10-11H2,1-2H3. The maximum atomic E-state index is 13.2. The number of fused-ring (bicyclic) bond motifs is 1. The molecule has 0 spiro atoms. The number of hydrogen-bond acceptors (Lipinski definition) is 4. The van der Waals surface area contributed by atoms with Gasteiger partial charge in [-0.2, -0.15) is 0 Å². The average molecular weight is 342 g/mol. The van der Waals surface area contributed by atoms with Gasteiger partial charge in [0, 0.05) is 0 Å². The summed E-state index contributed by atoms with van der Waals surface area (Å²) in [7, 11) is 0. The highest BCUT2D eigenvalue weighted by Gasteiger charge is 2.38. The summed E-state index contributed by atoms with van der Waals surface area (Å²) in [5.41, 5.74) is 0.991. The van der Waals surface area contributed by atoms with Crippen LogP contribution < -0.4 is 10.2 Å². The fraction of sp³-hybridized carbons (Fsp3) is 0.263. The van der Waals surface area contributed by atoms with Gasteiger partial charge in [-0.05, 0) is 44.2 Å². The molecule has 0 saturated heterocycles. The van der Waals surface area contributed by atoms with Crippen LogP contribution in [0.25, 0.3) is 0 Å². The lowest BCUT2D eigenvalue weighted by molar-refractivity contribution is -0.122. The average Bonchev–Trinajstić information content (AvgIpc) is 2.58. The molecule has 1 heterocycles. The van der Waals surface area contributed by atoms with Gasteiger partial charge in [0.25, 0.3) is 5.91 Å². The van der Waals surface area contributed by atoms with Gasteiger partial charge in [-0.15, -0.1) is 0 Å². The van der Waals surface area contributed by atoms with Crippen molar-refractivity contribution in [3.8, 4) is 0 Å². The number of hydrogen-bond donors (Lipinski definition) is 1. The van der Waals surface area contributed by atoms with Crippen LogP contribution in [0, 0.1) is 5.82 Å². The minimum atomic E-state index is -0.749. The topological polar surface area (TPSA) is 58.6 Å². The van der Waals surface area contributed by atoms with Gasteiger partial charge < -0.3 is 15.0 Å². The molecule has 1 amide bonds. The van der Waals surface area contributed by atoms with Crippen molar-refractivity contribution in [1.29, 1.82) is 0 Å². The Bertz CT molecular complexity index is 820. The molecule has 0 aromatic heterocycles. The Morgan fingerprint density at radius 2 is 1.96 bits per heavy atom. The molecular formula is C19H19FN2O3. The van der Waals surface area contributed by atoms with E-state index >= 15 is 0 Å². The molecule has 1 N–H and O–H groups in total. The third-order valence-electron chi connectivity index (χ3n) is 4.03. The summed E-state index contributed by atoms with van der Waals surface area (Å²) in [4.78, 5) is 26.3. The predicted molar refractivity (Wildman–Crippen MR) is 93.2 cm³/mol. The fourth-order valence-electron chi connectivity index (χ4n) is 2.80. The molecule has 1 aliphatic heterocycles. The highest BCUT2D eigenvalue weighted by Crippen LogP contribution is 2.34. The second-order valence-electron chi connectivity index (χ2n) is 6.37. The first-order valence-corrected chi connectivity index (χ1v) is 8.00. The van der Waals surface area contributed by atoms with E-state index in [9.17, 15) is 14.0 Å². The summed E-state index contributed by atoms with van der Waals surface area (Å²) in [6.45, 7) is 3.85. The maximum absolute atomic E-state index is 13.2. The number of carbonyl (C=O) groups excluding carboxylic acids is 2. The Balaban J connectivity index is 1.70. The first-order valence-electron chi connectivity index (χ1n) is 8.00. The second-order valence-corrected chi connectivity index (χ2v) is 6.37. The quantitative estimate of drug-likeness (QED) is 0.867. The lowest BCUT2D eigenvalue weighted by Crippen LogP contribution is -2.54. The van der Waals surface area contributed by atoms with Gasteiger partial charge in [0.2, 0.25) is 0 Å². The molecule has 0 fully saturated rings. The van der Waals surface area contributed by atoms with Crippen LogP contribution in [-0.4, -0.2) is 30.6 Å². The van der Waals surface area contributed by atoms with E-state index in [0.717, 1.165) is 17.4 Å². The molecule has 0 bridgehead atoms. The molecule has 3 rings (SSSR count). The van der Waals surface area contributed by atoms with E-state index in [1.165, 1.54) is 18.2 Å². The second kappa shape index (κ2) is 6.55. The molecule has 0 radical (unpaired) electrons. The van der Waals surface area contributed by atoms with Crippen molar-refractivity contribution < 1.29 is 18.7 Å². The van der Waals surface area contributed by atoms with E-state index in [1.54, 1.807) is 18.7 Å². The van der Waals surface area contributed by atoms with E-state index < -0.39 is 17.3 Å². The Labute approximate surface area is 145 Å². The van der Waals surface area contributed by atoms with Crippen molar-refractivity contribution in [3.63, 3.8) is 0 Å². The summed E-state index contributed by atoms with van der Waals surface area (Å²) in [6.07, 6.45) is 0. The SMILES string of the molecule is CC1(C)Nc2ccccc2N(CCOC(=O)c2cccc(F)c2)C1=O. The van der Waals surface area contributed by atoms with Crippen LogP contribution in [0.3, 0.4) is 0 Å². The van der Waals surface area contributed by atoms with Gasteiger partial charge in [-0.1, -0.05) is 18.2 Å². The van der Waals surface area contributed by atoms with E-state index in [1.807, 2.05) is 24.3 Å². The lowest BCUT2D eigenvalue weighted by Gasteiger charge is -2.39. The number of nitrogens with zero attached hydrogens (tertiary/aromatic N) is 1. The number of halogens is 1. The van der Waals surface area contributed by atoms with E-state index in [-0.39, 0.29) is 24.6 Å². The predicted octanol–water partition coefficient (Wildman–Crippen LogP) is 3.22. The summed E-state index contributed by atoms with van der Waals surface area (Å²) < 4.78 is 18.4. The molecule has 0 aliphatic carbocycles. The van der Waals surface area contributed by atoms with Crippen molar-refractivity contribution in [2.45, 2.75) is 19.4 Å². The van der Waals surface area contributed by atoms with Gasteiger partial charge in [-0.25, -0.2) is 9.18 Å². The number of carbonyl (C=O) groups is 2. The normalized spacial score (nSPS) is 15.3. The molecule has 130 valence electrons. The number of para-hydroxylation sites is 2. The summed E-state index contributed by atoms with van der Waals surface area (Å²) in [6, 6.07) is 12.8. The third-order valence-corrected chi connectivity index (χ3v) is 4.03. The molecule has 1 aliphatic rings. The zero-order valence-corrected chi connectivity index (χ0v) is 14.1. The van der Waals surface area contributed by atoms with Crippen LogP contribution in [0.1, 0.15) is 24.2 Å². The van der Waals surface area contributed by atoms with Crippen molar-refractivity contribution >= 4 is 23.3 Å². The van der Waals surface area contributed by atoms with Crippen LogP contribution in [0.2, 0.25) is 0 Å². The fourth-order valence-corrected chi connectivity index (χ4v) is 2.80. The molecule has 2 aromatic carbocycles. The molecule has 0 unspecified atom stereocenters. The Morgan fingerprint density at radius 1 is 1.20 bits per heavy atom. The number of anilines is 2. The molecule has 25 heavy (non-hydrogen) atoms. The molecule has 0 saturated carbocycles. The summed E-state index contributed by atoms with van der Waals surface area (Å²) >= 11 is 0. The lowest BCUT2D eigenvalue weighted by atomic mass is 9.98. The van der Waals surface area contributed by atoms with Crippen molar-refractivity contribution in [1.82, 2.24) is 0 Å². The van der Waals surface area contributed by atoms with Crippen molar-refractivity contribution in [2.75, 3.05) is 23.4 Å². The zero-order chi connectivity index (χ0) is 18.0. The van der Waals surface area contributed by atoms with Crippen molar-refractivity contribution in [2.24, 2.45) is 0 Å². The smallest absolute Gasteiger partial charge is 0.338 e. The minimum absolute atomic E-state index is 0.0193. The first-order chi connectivity index (χ1) is 11.9. The summed E-state index contributed by atoms with van der Waals surface area (Å²) in [5, 5.41) is 3.21. The Kier molecular flexibility index (Phi) is 4.44. The number of ether oxygens (including phenoxy) is 1. The number of nitrogens with one attached hydrogen (secondary N) is 1. The highest BCUT2D eigenvalue weighted by molar-refractivity contribution is 6.07. The molecule has 2 aromatic rings. The van der Waals surface area contributed by atoms with Gasteiger partial charge in [-0.3, -0.25) is 4.79 Å². The van der Waals surface area contributed by atoms with Crippen LogP contribution in [-0.2, 0) is 9.53 Å². The minimum Gasteiger partial charge on any atom is -0.460 e. The van der Waals surface area contributed by atoms with Gasteiger partial charge in [0.05, 0.1) is 23.5 Å². The molecule has 6 heteroatoms. The monoisotopic (exact) mass is 342 g/mol. The maximum Gasteiger partial charge on any atom is 0.338 e. The van der Waals surface area contributed by atoms with E-state index in [0.29, 0.717) is 0 Å². The van der Waals surface area contributed by atoms with Crippen LogP contribution in [0.5, 0.6) is 0 Å². The zero-order valence-electron chi connectivity index (χ0n) is 14.1. The number of benzene rings is 2. The molecule has 0 atom stereocenters. The molecule has 5 nitrogen and oxygen atoms in total. The largest absolute Gasteiger partial charge is 0.460 e. The number of amides is 1. The van der Waals surface area contributed by atoms with Gasteiger partial charge >= 0.3 is 5.97 Å². The van der Waals surface area contributed by atoms with Crippen LogP contribution in [0.15, 0.2) is 48.5 Å². The Hall–Kier alpha value is -2.89. The molecular weight excluding hydrogens is 323 g/mol.